The van der Waals surface area contributed by atoms with E-state index in [0.717, 1.165) is 5.69 Å². The fraction of sp³-hybridized carbons (Fsp3) is 0.250. The summed E-state index contributed by atoms with van der Waals surface area (Å²) in [6, 6.07) is 11.0. The Kier molecular flexibility index (Phi) is 4.82. The van der Waals surface area contributed by atoms with Gasteiger partial charge in [-0.05, 0) is 24.3 Å². The second-order valence-corrected chi connectivity index (χ2v) is 7.73. The van der Waals surface area contributed by atoms with Crippen molar-refractivity contribution in [2.45, 2.75) is 31.1 Å². The molecule has 0 saturated carbocycles. The number of amides is 1. The SMILES string of the molecule is CC(C)(C)c1cc(C(=O)NNS(=O)(=O)c2ccccc2)ccn1. The molecular weight excluding hydrogens is 314 g/mol. The van der Waals surface area contributed by atoms with Crippen LogP contribution < -0.4 is 10.3 Å². The first-order valence-corrected chi connectivity index (χ1v) is 8.52. The summed E-state index contributed by atoms with van der Waals surface area (Å²) >= 11 is 0. The normalized spacial score (nSPS) is 12.0. The van der Waals surface area contributed by atoms with Gasteiger partial charge < -0.3 is 0 Å². The molecule has 2 N–H and O–H groups in total. The van der Waals surface area contributed by atoms with Gasteiger partial charge in [-0.1, -0.05) is 39.0 Å². The molecule has 0 unspecified atom stereocenters. The van der Waals surface area contributed by atoms with Gasteiger partial charge in [0.2, 0.25) is 0 Å². The molecule has 1 aromatic carbocycles. The largest absolute Gasteiger partial charge is 0.273 e. The minimum Gasteiger partial charge on any atom is -0.273 e. The van der Waals surface area contributed by atoms with Gasteiger partial charge in [-0.3, -0.25) is 15.2 Å². The highest BCUT2D eigenvalue weighted by Crippen LogP contribution is 2.20. The second-order valence-electron chi connectivity index (χ2n) is 6.05. The maximum absolute atomic E-state index is 12.1. The van der Waals surface area contributed by atoms with Gasteiger partial charge in [0.05, 0.1) is 4.90 Å². The number of hydrogen-bond donors (Lipinski definition) is 2. The zero-order valence-electron chi connectivity index (χ0n) is 13.2. The number of rotatable bonds is 4. The lowest BCUT2D eigenvalue weighted by atomic mass is 9.91. The first-order valence-electron chi connectivity index (χ1n) is 7.04. The van der Waals surface area contributed by atoms with Crippen LogP contribution in [0.25, 0.3) is 0 Å². The highest BCUT2D eigenvalue weighted by atomic mass is 32.2. The van der Waals surface area contributed by atoms with Crippen LogP contribution in [0.5, 0.6) is 0 Å². The first-order chi connectivity index (χ1) is 10.7. The van der Waals surface area contributed by atoms with Crippen LogP contribution in [0.2, 0.25) is 0 Å². The van der Waals surface area contributed by atoms with Crippen molar-refractivity contribution in [1.82, 2.24) is 15.2 Å². The molecule has 0 atom stereocenters. The third-order valence-electron chi connectivity index (χ3n) is 3.14. The molecule has 1 heterocycles. The van der Waals surface area contributed by atoms with Gasteiger partial charge in [-0.25, -0.2) is 8.42 Å². The van der Waals surface area contributed by atoms with E-state index >= 15 is 0 Å². The Morgan fingerprint density at radius 3 is 2.35 bits per heavy atom. The molecule has 1 amide bonds. The van der Waals surface area contributed by atoms with E-state index in [9.17, 15) is 13.2 Å². The summed E-state index contributed by atoms with van der Waals surface area (Å²) in [4.78, 5) is 18.5. The van der Waals surface area contributed by atoms with E-state index in [2.05, 4.69) is 15.2 Å². The quantitative estimate of drug-likeness (QED) is 0.838. The molecule has 0 aliphatic heterocycles. The van der Waals surface area contributed by atoms with E-state index in [1.54, 1.807) is 24.3 Å². The fourth-order valence-corrected chi connectivity index (χ4v) is 2.69. The van der Waals surface area contributed by atoms with Crippen LogP contribution >= 0.6 is 0 Å². The van der Waals surface area contributed by atoms with Crippen molar-refractivity contribution in [2.24, 2.45) is 0 Å². The number of nitrogens with one attached hydrogen (secondary N) is 2. The second kappa shape index (κ2) is 6.47. The predicted molar refractivity (Wildman–Crippen MR) is 87.2 cm³/mol. The van der Waals surface area contributed by atoms with E-state index in [-0.39, 0.29) is 10.3 Å². The highest BCUT2D eigenvalue weighted by Gasteiger charge is 2.19. The monoisotopic (exact) mass is 333 g/mol. The third-order valence-corrected chi connectivity index (χ3v) is 4.41. The molecule has 2 rings (SSSR count). The molecule has 1 aromatic heterocycles. The van der Waals surface area contributed by atoms with Crippen LogP contribution in [0.4, 0.5) is 0 Å². The Hall–Kier alpha value is -2.25. The summed E-state index contributed by atoms with van der Waals surface area (Å²) in [5, 5.41) is 0. The Labute approximate surface area is 136 Å². The fourth-order valence-electron chi connectivity index (χ4n) is 1.83. The number of carbonyl (C=O) groups excluding carboxylic acids is 1. The number of hydrogen-bond acceptors (Lipinski definition) is 4. The van der Waals surface area contributed by atoms with Crippen molar-refractivity contribution in [2.75, 3.05) is 0 Å². The third kappa shape index (κ3) is 4.37. The number of sulfonamides is 1. The Morgan fingerprint density at radius 2 is 1.74 bits per heavy atom. The summed E-state index contributed by atoms with van der Waals surface area (Å²) in [7, 11) is -3.80. The lowest BCUT2D eigenvalue weighted by Crippen LogP contribution is -2.41. The molecule has 122 valence electrons. The van der Waals surface area contributed by atoms with Crippen LogP contribution in [0, 0.1) is 0 Å². The number of aromatic nitrogens is 1. The van der Waals surface area contributed by atoms with E-state index in [1.807, 2.05) is 20.8 Å². The molecule has 0 radical (unpaired) electrons. The molecular formula is C16H19N3O3S. The Bertz CT molecular complexity index is 797. The molecule has 6 nitrogen and oxygen atoms in total. The molecule has 23 heavy (non-hydrogen) atoms. The van der Waals surface area contributed by atoms with Gasteiger partial charge in [-0.2, -0.15) is 0 Å². The smallest absolute Gasteiger partial charge is 0.266 e. The van der Waals surface area contributed by atoms with E-state index < -0.39 is 15.9 Å². The highest BCUT2D eigenvalue weighted by molar-refractivity contribution is 7.89. The topological polar surface area (TPSA) is 88.2 Å². The molecule has 0 bridgehead atoms. The summed E-state index contributed by atoms with van der Waals surface area (Å²) < 4.78 is 24.1. The lowest BCUT2D eigenvalue weighted by molar-refractivity contribution is 0.0945. The van der Waals surface area contributed by atoms with E-state index in [1.165, 1.54) is 24.4 Å². The van der Waals surface area contributed by atoms with E-state index in [4.69, 9.17) is 0 Å². The number of hydrazine groups is 1. The van der Waals surface area contributed by atoms with Gasteiger partial charge in [0.15, 0.2) is 0 Å². The van der Waals surface area contributed by atoms with Gasteiger partial charge in [0, 0.05) is 22.9 Å². The molecule has 0 saturated heterocycles. The molecule has 0 aliphatic carbocycles. The van der Waals surface area contributed by atoms with Crippen molar-refractivity contribution in [3.05, 3.63) is 59.9 Å². The van der Waals surface area contributed by atoms with Gasteiger partial charge in [-0.15, -0.1) is 4.83 Å². The van der Waals surface area contributed by atoms with Gasteiger partial charge >= 0.3 is 0 Å². The summed E-state index contributed by atoms with van der Waals surface area (Å²) in [6.07, 6.45) is 1.53. The number of benzene rings is 1. The maximum atomic E-state index is 12.1. The van der Waals surface area contributed by atoms with Crippen LogP contribution in [0.1, 0.15) is 36.8 Å². The molecule has 2 aromatic rings. The number of nitrogens with zero attached hydrogens (tertiary/aromatic N) is 1. The van der Waals surface area contributed by atoms with Crippen LogP contribution in [-0.2, 0) is 15.4 Å². The predicted octanol–water partition coefficient (Wildman–Crippen LogP) is 2.00. The minimum atomic E-state index is -3.80. The number of carbonyl (C=O) groups is 1. The van der Waals surface area contributed by atoms with Gasteiger partial charge in [0.25, 0.3) is 15.9 Å². The summed E-state index contributed by atoms with van der Waals surface area (Å²) in [5.74, 6) is -0.544. The van der Waals surface area contributed by atoms with Crippen LogP contribution in [0.3, 0.4) is 0 Å². The van der Waals surface area contributed by atoms with Crippen molar-refractivity contribution < 1.29 is 13.2 Å². The Balaban J connectivity index is 2.12. The van der Waals surface area contributed by atoms with Crippen molar-refractivity contribution in [1.29, 1.82) is 0 Å². The number of pyridine rings is 1. The summed E-state index contributed by atoms with van der Waals surface area (Å²) in [5.41, 5.74) is 3.08. The molecule has 0 fully saturated rings. The van der Waals surface area contributed by atoms with Crippen molar-refractivity contribution in [3.63, 3.8) is 0 Å². The molecule has 0 spiro atoms. The van der Waals surface area contributed by atoms with Crippen molar-refractivity contribution >= 4 is 15.9 Å². The molecule has 0 aliphatic rings. The van der Waals surface area contributed by atoms with Gasteiger partial charge in [0.1, 0.15) is 0 Å². The maximum Gasteiger partial charge on any atom is 0.266 e. The standard InChI is InChI=1S/C16H19N3O3S/c1-16(2,3)14-11-12(9-10-17-14)15(20)18-19-23(21,22)13-7-5-4-6-8-13/h4-11,19H,1-3H3,(H,18,20). The van der Waals surface area contributed by atoms with Crippen LogP contribution in [-0.4, -0.2) is 19.3 Å². The van der Waals surface area contributed by atoms with Crippen molar-refractivity contribution in [3.8, 4) is 0 Å². The average Bonchev–Trinajstić information content (AvgIpc) is 2.53. The Morgan fingerprint density at radius 1 is 1.09 bits per heavy atom. The summed E-state index contributed by atoms with van der Waals surface area (Å²) in [6.45, 7) is 5.94. The first kappa shape index (κ1) is 17.1. The minimum absolute atomic E-state index is 0.0745. The lowest BCUT2D eigenvalue weighted by Gasteiger charge is -2.18. The molecule has 7 heteroatoms. The van der Waals surface area contributed by atoms with Crippen LogP contribution in [0.15, 0.2) is 53.6 Å². The van der Waals surface area contributed by atoms with E-state index in [0.29, 0.717) is 5.56 Å². The zero-order valence-corrected chi connectivity index (χ0v) is 14.0. The average molecular weight is 333 g/mol. The zero-order chi connectivity index (χ0) is 17.1.